The zero-order chi connectivity index (χ0) is 91.1. The van der Waals surface area contributed by atoms with Crippen molar-refractivity contribution in [1.82, 2.24) is 79.4 Å². The lowest BCUT2D eigenvalue weighted by atomic mass is 9.97. The SMILES string of the molecule is CC[C@H](C)[C@H](NC(=O)CNC(=O)[C@H](Cc1c[nH]c2ccccc12)NC(=O)[C@@H](NC(=O)[C@@H](NC(=O)[C@@H](N)CC(C)C)[C@@H](C)O)C(C)C)C(=O)N[C@@H](CCCCN)C(=O)N[C@@H](CCC(N)=O)C(=O)N[C@@H](CC(C)C)C(=O)N[C@@H](CCC(N)=O)C(=O)N[C@@H](C)C(=O)N[C@@H](CCCN=C(N)N)C(=O)N[C@H](C(=O)N[C@@H](CC(C)C)C(=O)N[C@@H](C)C(=O)O)C(C)C. The number of carbonyl (C=O) groups is 17. The summed E-state index contributed by atoms with van der Waals surface area (Å²) in [6, 6.07) is -12.7. The minimum Gasteiger partial charge on any atom is -0.480 e. The quantitative estimate of drug-likeness (QED) is 0.0171. The van der Waals surface area contributed by atoms with Crippen LogP contribution in [-0.4, -0.2) is 232 Å². The van der Waals surface area contributed by atoms with Gasteiger partial charge in [-0.2, -0.15) is 0 Å². The molecule has 2 rings (SSSR count). The van der Waals surface area contributed by atoms with Gasteiger partial charge in [0, 0.05) is 42.9 Å². The van der Waals surface area contributed by atoms with Crippen LogP contribution in [0.25, 0.3) is 10.9 Å². The molecule has 1 aromatic carbocycles. The van der Waals surface area contributed by atoms with Crippen LogP contribution in [0.1, 0.15) is 193 Å². The van der Waals surface area contributed by atoms with E-state index in [0.29, 0.717) is 22.9 Å². The molecule has 41 heteroatoms. The van der Waals surface area contributed by atoms with E-state index < -0.39 is 241 Å². The average Bonchev–Trinajstić information content (AvgIpc) is 1.67. The zero-order valence-electron chi connectivity index (χ0n) is 71.8. The number of unbranched alkanes of at least 4 members (excludes halogenated alkanes) is 1. The van der Waals surface area contributed by atoms with Crippen LogP contribution in [-0.2, 0) is 87.9 Å². The van der Waals surface area contributed by atoms with Gasteiger partial charge in [-0.15, -0.1) is 0 Å². The molecule has 0 saturated heterocycles. The van der Waals surface area contributed by atoms with E-state index in [-0.39, 0.29) is 94.6 Å². The molecule has 0 bridgehead atoms. The van der Waals surface area contributed by atoms with E-state index in [1.54, 1.807) is 99.7 Å². The van der Waals surface area contributed by atoms with Crippen LogP contribution in [0.5, 0.6) is 0 Å². The fourth-order valence-corrected chi connectivity index (χ4v) is 12.5. The Morgan fingerprint density at radius 3 is 1.32 bits per heavy atom. The van der Waals surface area contributed by atoms with Crippen LogP contribution in [0, 0.1) is 35.5 Å². The molecule has 0 fully saturated rings. The maximum absolute atomic E-state index is 14.6. The molecule has 674 valence electrons. The number of hydrogen-bond donors (Lipinski definition) is 23. The molecule has 0 aliphatic heterocycles. The number of carboxylic acids is 1. The normalized spacial score (nSPS) is 15.4. The third-order valence-electron chi connectivity index (χ3n) is 19.5. The lowest BCUT2D eigenvalue weighted by Gasteiger charge is -2.29. The van der Waals surface area contributed by atoms with E-state index in [1.807, 2.05) is 13.8 Å². The molecule has 1 aromatic heterocycles. The van der Waals surface area contributed by atoms with E-state index in [2.05, 4.69) is 84.4 Å². The summed E-state index contributed by atoms with van der Waals surface area (Å²) in [7, 11) is 0. The van der Waals surface area contributed by atoms with Gasteiger partial charge in [-0.05, 0) is 139 Å². The molecule has 0 radical (unpaired) electrons. The third-order valence-corrected chi connectivity index (χ3v) is 19.5. The number of aliphatic imine (C=N–C) groups is 1. The van der Waals surface area contributed by atoms with Crippen molar-refractivity contribution in [2.24, 2.45) is 74.9 Å². The molecule has 16 atom stereocenters. The van der Waals surface area contributed by atoms with Gasteiger partial charge in [-0.1, -0.05) is 108 Å². The number of guanidine groups is 1. The molecular weight excluding hydrogens is 1560 g/mol. The van der Waals surface area contributed by atoms with Crippen LogP contribution in [0.4, 0.5) is 0 Å². The van der Waals surface area contributed by atoms with E-state index in [1.165, 1.54) is 20.8 Å². The summed E-state index contributed by atoms with van der Waals surface area (Å²) in [6.45, 7) is 23.5. The van der Waals surface area contributed by atoms with Crippen molar-refractivity contribution in [3.8, 4) is 0 Å². The molecule has 0 aliphatic carbocycles. The van der Waals surface area contributed by atoms with Crippen molar-refractivity contribution in [3.63, 3.8) is 0 Å². The number of rotatable bonds is 56. The van der Waals surface area contributed by atoms with Crippen molar-refractivity contribution >= 4 is 117 Å². The minimum absolute atomic E-state index is 0.0198. The average molecular weight is 1700 g/mol. The van der Waals surface area contributed by atoms with Crippen molar-refractivity contribution in [3.05, 3.63) is 36.0 Å². The Morgan fingerprint density at radius 2 is 0.842 bits per heavy atom. The summed E-state index contributed by atoms with van der Waals surface area (Å²) in [6.07, 6.45) is -0.980. The maximum atomic E-state index is 14.6. The second-order valence-corrected chi connectivity index (χ2v) is 32.4. The number of aromatic nitrogens is 1. The van der Waals surface area contributed by atoms with E-state index in [9.17, 15) is 91.7 Å². The summed E-state index contributed by atoms with van der Waals surface area (Å²) in [5.41, 5.74) is 35.3. The monoisotopic (exact) mass is 1700 g/mol. The topological polar surface area (TPSA) is 683 Å². The van der Waals surface area contributed by atoms with Gasteiger partial charge < -0.3 is 124 Å². The van der Waals surface area contributed by atoms with E-state index in [4.69, 9.17) is 34.4 Å². The molecule has 41 nitrogen and oxygen atoms in total. The summed E-state index contributed by atoms with van der Waals surface area (Å²) < 4.78 is 0. The fraction of sp³-hybridized carbons (Fsp3) is 0.671. The molecule has 0 unspecified atom stereocenters. The number of aliphatic carboxylic acids is 1. The van der Waals surface area contributed by atoms with Gasteiger partial charge >= 0.3 is 5.97 Å². The van der Waals surface area contributed by atoms with Crippen molar-refractivity contribution in [1.29, 1.82) is 0 Å². The van der Waals surface area contributed by atoms with Crippen molar-refractivity contribution < 1.29 is 91.7 Å². The van der Waals surface area contributed by atoms with Gasteiger partial charge in [0.1, 0.15) is 78.5 Å². The molecule has 0 saturated carbocycles. The van der Waals surface area contributed by atoms with Crippen molar-refractivity contribution in [2.45, 2.75) is 284 Å². The predicted molar refractivity (Wildman–Crippen MR) is 446 cm³/mol. The van der Waals surface area contributed by atoms with E-state index >= 15 is 0 Å². The van der Waals surface area contributed by atoms with Crippen LogP contribution < -0.4 is 109 Å². The maximum Gasteiger partial charge on any atom is 0.325 e. The number of amides is 16. The molecule has 0 spiro atoms. The standard InChI is InChI=1S/C79H134N22O19/c1-16-43(12)63(98-60(105)37-88-67(108)57(35-47-36-87-50-23-18-17-22-48(47)50)97-75(116)62(42(10)11)100-77(118)64(46(15)102)101-66(107)49(81)32-38(2)3)76(117)94-51(24-19-20-30-80)69(110)92-54(27-29-59(83)104)70(111)95-56(34-40(6)7)73(114)93-53(26-28-58(82)103)68(109)89-44(13)65(106)91-52(25-21-31-86-79(84)85)71(112)99-61(41(8)9)74(115)96-55(33-39(4)5)72(113)90-45(14)78(119)120/h17-18,22-23,36,38-46,49,51-57,61-64,87,102H,16,19-21,24-35,37,80-81H2,1-15H3,(H2,82,103)(H2,83,104)(H,88,108)(H,89,109)(H,90,113)(H,91,106)(H,92,110)(H,93,114)(H,94,117)(H,95,111)(H,96,115)(H,97,116)(H,98,105)(H,99,112)(H,100,118)(H,101,107)(H,119,120)(H4,84,85,86)/t43-,44-,45-,46+,49-,51-,52-,53-,54-,55-,56-,57-,61-,62-,63-,64-/m0/s1. The van der Waals surface area contributed by atoms with Gasteiger partial charge in [0.05, 0.1) is 18.7 Å². The molecule has 16 amide bonds. The predicted octanol–water partition coefficient (Wildman–Crippen LogP) is -3.83. The molecular formula is C79H134N22O19. The molecule has 2 aromatic rings. The first-order valence-electron chi connectivity index (χ1n) is 40.9. The van der Waals surface area contributed by atoms with Crippen LogP contribution in [0.15, 0.2) is 35.5 Å². The molecule has 120 heavy (non-hydrogen) atoms. The Labute approximate surface area is 700 Å². The van der Waals surface area contributed by atoms with Crippen molar-refractivity contribution in [2.75, 3.05) is 19.6 Å². The number of hydrogen-bond acceptors (Lipinski definition) is 21. The number of carbonyl (C=O) groups excluding carboxylic acids is 16. The second kappa shape index (κ2) is 52.7. The summed E-state index contributed by atoms with van der Waals surface area (Å²) in [4.78, 5) is 241. The largest absolute Gasteiger partial charge is 0.480 e. The number of fused-ring (bicyclic) bond motifs is 1. The number of carboxylic acid groups (broad SMARTS) is 1. The number of primary amides is 2. The van der Waals surface area contributed by atoms with Gasteiger partial charge in [0.25, 0.3) is 0 Å². The number of H-pyrrole nitrogens is 1. The minimum atomic E-state index is -1.66. The second-order valence-electron chi connectivity index (χ2n) is 32.4. The Hall–Kier alpha value is -11.1. The summed E-state index contributed by atoms with van der Waals surface area (Å²) >= 11 is 0. The van der Waals surface area contributed by atoms with Gasteiger partial charge in [0.2, 0.25) is 94.5 Å². The number of aliphatic hydroxyl groups excluding tert-OH is 1. The van der Waals surface area contributed by atoms with Gasteiger partial charge in [-0.3, -0.25) is 86.5 Å². The highest BCUT2D eigenvalue weighted by Gasteiger charge is 2.40. The first-order chi connectivity index (χ1) is 56.1. The number of nitrogens with zero attached hydrogens (tertiary/aromatic N) is 1. The Morgan fingerprint density at radius 1 is 0.433 bits per heavy atom. The lowest BCUT2D eigenvalue weighted by Crippen LogP contribution is -2.61. The lowest BCUT2D eigenvalue weighted by molar-refractivity contribution is -0.142. The highest BCUT2D eigenvalue weighted by Crippen LogP contribution is 2.21. The fourth-order valence-electron chi connectivity index (χ4n) is 12.5. The Bertz CT molecular complexity index is 3830. The Balaban J connectivity index is 2.50. The number of benzene rings is 1. The zero-order valence-corrected chi connectivity index (χ0v) is 71.8. The summed E-state index contributed by atoms with van der Waals surface area (Å²) in [5.74, 6) is -18.5. The highest BCUT2D eigenvalue weighted by molar-refractivity contribution is 6.01. The highest BCUT2D eigenvalue weighted by atomic mass is 16.4. The number of aliphatic hydroxyl groups is 1. The van der Waals surface area contributed by atoms with Crippen LogP contribution >= 0.6 is 0 Å². The number of nitrogens with one attached hydrogen (secondary N) is 15. The third kappa shape index (κ3) is 37.9. The number of aromatic amines is 1. The van der Waals surface area contributed by atoms with Gasteiger partial charge in [-0.25, -0.2) is 0 Å². The number of nitrogens with two attached hydrogens (primary N) is 6. The van der Waals surface area contributed by atoms with Crippen LogP contribution in [0.3, 0.4) is 0 Å². The van der Waals surface area contributed by atoms with Gasteiger partial charge in [0.15, 0.2) is 5.96 Å². The van der Waals surface area contributed by atoms with E-state index in [0.717, 1.165) is 0 Å². The first kappa shape index (κ1) is 105. The van der Waals surface area contributed by atoms with Crippen LogP contribution in [0.2, 0.25) is 0 Å². The summed E-state index contributed by atoms with van der Waals surface area (Å²) in [5, 5.41) is 56.6. The molecule has 1 heterocycles. The Kier molecular flexibility index (Phi) is 46.1. The number of para-hydroxylation sites is 1. The smallest absolute Gasteiger partial charge is 0.325 e. The first-order valence-corrected chi connectivity index (χ1v) is 40.9. The molecule has 0 aliphatic rings. The molecule has 29 N–H and O–H groups in total.